The Morgan fingerprint density at radius 1 is 1.22 bits per heavy atom. The Hall–Kier alpha value is -1.98. The molecule has 5 nitrogen and oxygen atoms in total. The lowest BCUT2D eigenvalue weighted by Gasteiger charge is -2.17. The van der Waals surface area contributed by atoms with Gasteiger partial charge in [-0.2, -0.15) is 0 Å². The number of fused-ring (bicyclic) bond motifs is 1. The predicted octanol–water partition coefficient (Wildman–Crippen LogP) is 1.44. The van der Waals surface area contributed by atoms with E-state index in [0.29, 0.717) is 0 Å². The maximum Gasteiger partial charge on any atom is 0.115 e. The Balaban J connectivity index is 2.01. The number of benzene rings is 1. The van der Waals surface area contributed by atoms with E-state index in [2.05, 4.69) is 21.5 Å². The van der Waals surface area contributed by atoms with E-state index in [4.69, 9.17) is 10.6 Å². The molecule has 1 aliphatic rings. The number of rotatable bonds is 3. The molecule has 1 aromatic carbocycles. The van der Waals surface area contributed by atoms with E-state index in [-0.39, 0.29) is 6.04 Å². The number of nitrogens with one attached hydrogen (secondary N) is 1. The fourth-order valence-electron chi connectivity index (χ4n) is 2.14. The summed E-state index contributed by atoms with van der Waals surface area (Å²) in [5.74, 6) is 6.50. The normalized spacial score (nSPS) is 16.4. The van der Waals surface area contributed by atoms with Crippen LogP contribution in [0.3, 0.4) is 0 Å². The second-order valence-corrected chi connectivity index (χ2v) is 4.15. The lowest BCUT2D eigenvalue weighted by molar-refractivity contribution is 0.216. The van der Waals surface area contributed by atoms with Crippen molar-refractivity contribution in [2.24, 2.45) is 5.84 Å². The zero-order valence-corrected chi connectivity index (χ0v) is 9.84. The second kappa shape index (κ2) is 4.72. The molecular weight excluding hydrogens is 228 g/mol. The van der Waals surface area contributed by atoms with Crippen LogP contribution in [-0.2, 0) is 4.74 Å². The van der Waals surface area contributed by atoms with Gasteiger partial charge in [0.2, 0.25) is 0 Å². The Morgan fingerprint density at radius 2 is 2.06 bits per heavy atom. The van der Waals surface area contributed by atoms with Crippen molar-refractivity contribution in [3.63, 3.8) is 0 Å². The highest BCUT2D eigenvalue weighted by atomic mass is 16.5. The lowest BCUT2D eigenvalue weighted by Crippen LogP contribution is -2.29. The molecule has 1 atom stereocenters. The van der Waals surface area contributed by atoms with Crippen molar-refractivity contribution >= 4 is 11.0 Å². The van der Waals surface area contributed by atoms with Gasteiger partial charge in [-0.3, -0.25) is 15.8 Å². The third-order valence-electron chi connectivity index (χ3n) is 3.01. The number of ether oxygens (including phenoxy) is 1. The first-order chi connectivity index (χ1) is 8.88. The minimum absolute atomic E-state index is 0.126. The predicted molar refractivity (Wildman–Crippen MR) is 68.3 cm³/mol. The summed E-state index contributed by atoms with van der Waals surface area (Å²) >= 11 is 0. The van der Waals surface area contributed by atoms with Gasteiger partial charge >= 0.3 is 0 Å². The number of hydrogen-bond donors (Lipinski definition) is 2. The Kier molecular flexibility index (Phi) is 2.92. The van der Waals surface area contributed by atoms with Gasteiger partial charge in [0.1, 0.15) is 11.8 Å². The summed E-state index contributed by atoms with van der Waals surface area (Å²) in [5, 5.41) is 0. The van der Waals surface area contributed by atoms with Gasteiger partial charge in [-0.05, 0) is 23.8 Å². The molecule has 0 amide bonds. The number of aromatic nitrogens is 2. The first kappa shape index (κ1) is 11.1. The van der Waals surface area contributed by atoms with Crippen LogP contribution in [0, 0.1) is 0 Å². The maximum absolute atomic E-state index is 5.62. The average Bonchev–Trinajstić information content (AvgIpc) is 2.93. The van der Waals surface area contributed by atoms with E-state index in [0.717, 1.165) is 35.4 Å². The monoisotopic (exact) mass is 242 g/mol. The smallest absolute Gasteiger partial charge is 0.115 e. The van der Waals surface area contributed by atoms with Crippen LogP contribution in [-0.4, -0.2) is 16.6 Å². The number of hydrazine groups is 1. The van der Waals surface area contributed by atoms with Gasteiger partial charge in [0.25, 0.3) is 0 Å². The Morgan fingerprint density at radius 3 is 2.78 bits per heavy atom. The molecule has 0 spiro atoms. The summed E-state index contributed by atoms with van der Waals surface area (Å²) in [6, 6.07) is 5.79. The molecule has 2 aromatic rings. The molecule has 2 heterocycles. The molecule has 18 heavy (non-hydrogen) atoms. The van der Waals surface area contributed by atoms with Crippen molar-refractivity contribution in [1.82, 2.24) is 15.4 Å². The molecule has 1 aromatic heterocycles. The molecule has 5 heteroatoms. The van der Waals surface area contributed by atoms with Crippen LogP contribution >= 0.6 is 0 Å². The zero-order valence-electron chi connectivity index (χ0n) is 9.84. The molecule has 0 radical (unpaired) electrons. The van der Waals surface area contributed by atoms with E-state index >= 15 is 0 Å². The van der Waals surface area contributed by atoms with E-state index in [1.165, 1.54) is 0 Å². The molecule has 1 unspecified atom stereocenters. The maximum atomic E-state index is 5.62. The highest BCUT2D eigenvalue weighted by Gasteiger charge is 2.19. The number of hydrogen-bond acceptors (Lipinski definition) is 5. The third-order valence-corrected chi connectivity index (χ3v) is 3.01. The SMILES string of the molecule is NNC(C1=CCCO1)c1ccc2nccnc2c1. The third kappa shape index (κ3) is 1.94. The van der Waals surface area contributed by atoms with E-state index in [1.54, 1.807) is 12.4 Å². The van der Waals surface area contributed by atoms with Gasteiger partial charge in [-0.15, -0.1) is 0 Å². The molecule has 0 aliphatic carbocycles. The fraction of sp³-hybridized carbons (Fsp3) is 0.231. The minimum Gasteiger partial charge on any atom is -0.496 e. The molecule has 1 aliphatic heterocycles. The van der Waals surface area contributed by atoms with Crippen molar-refractivity contribution < 1.29 is 4.74 Å². The quantitative estimate of drug-likeness (QED) is 0.629. The second-order valence-electron chi connectivity index (χ2n) is 4.15. The van der Waals surface area contributed by atoms with Gasteiger partial charge in [0.05, 0.1) is 17.6 Å². The van der Waals surface area contributed by atoms with Crippen LogP contribution in [0.1, 0.15) is 18.0 Å². The average molecular weight is 242 g/mol. The van der Waals surface area contributed by atoms with E-state index in [1.807, 2.05) is 18.2 Å². The van der Waals surface area contributed by atoms with Gasteiger partial charge in [0.15, 0.2) is 0 Å². The molecule has 0 fully saturated rings. The minimum atomic E-state index is -0.126. The lowest BCUT2D eigenvalue weighted by atomic mass is 10.0. The van der Waals surface area contributed by atoms with Crippen LogP contribution in [0.15, 0.2) is 42.4 Å². The molecule has 3 rings (SSSR count). The van der Waals surface area contributed by atoms with E-state index in [9.17, 15) is 0 Å². The summed E-state index contributed by atoms with van der Waals surface area (Å²) < 4.78 is 5.56. The highest BCUT2D eigenvalue weighted by molar-refractivity contribution is 5.74. The fourth-order valence-corrected chi connectivity index (χ4v) is 2.14. The van der Waals surface area contributed by atoms with E-state index < -0.39 is 0 Å². The summed E-state index contributed by atoms with van der Waals surface area (Å²) in [5.41, 5.74) is 5.54. The van der Waals surface area contributed by atoms with Crippen LogP contribution in [0.4, 0.5) is 0 Å². The molecule has 0 bridgehead atoms. The Bertz CT molecular complexity index is 596. The molecular formula is C13H14N4O. The molecule has 92 valence electrons. The molecule has 0 saturated heterocycles. The van der Waals surface area contributed by atoms with Crippen molar-refractivity contribution in [2.75, 3.05) is 6.61 Å². The van der Waals surface area contributed by atoms with Crippen molar-refractivity contribution in [3.05, 3.63) is 48.0 Å². The summed E-state index contributed by atoms with van der Waals surface area (Å²) in [6.07, 6.45) is 6.36. The molecule has 0 saturated carbocycles. The first-order valence-electron chi connectivity index (χ1n) is 5.88. The van der Waals surface area contributed by atoms with Crippen LogP contribution in [0.25, 0.3) is 11.0 Å². The van der Waals surface area contributed by atoms with Crippen molar-refractivity contribution in [2.45, 2.75) is 12.5 Å². The highest BCUT2D eigenvalue weighted by Crippen LogP contribution is 2.27. The standard InChI is InChI=1S/C13H14N4O/c14-17-13(12-2-1-7-18-12)9-3-4-10-11(8-9)16-6-5-15-10/h2-6,8,13,17H,1,7,14H2. The zero-order chi connectivity index (χ0) is 12.4. The van der Waals surface area contributed by atoms with Gasteiger partial charge < -0.3 is 4.74 Å². The number of nitrogens with zero attached hydrogens (tertiary/aromatic N) is 2. The topological polar surface area (TPSA) is 73.1 Å². The summed E-state index contributed by atoms with van der Waals surface area (Å²) in [7, 11) is 0. The largest absolute Gasteiger partial charge is 0.496 e. The van der Waals surface area contributed by atoms with Crippen molar-refractivity contribution in [1.29, 1.82) is 0 Å². The van der Waals surface area contributed by atoms with Gasteiger partial charge in [-0.25, -0.2) is 5.43 Å². The van der Waals surface area contributed by atoms with Crippen LogP contribution in [0.2, 0.25) is 0 Å². The first-order valence-corrected chi connectivity index (χ1v) is 5.88. The van der Waals surface area contributed by atoms with Crippen molar-refractivity contribution in [3.8, 4) is 0 Å². The summed E-state index contributed by atoms with van der Waals surface area (Å²) in [6.45, 7) is 0.723. The number of nitrogens with two attached hydrogens (primary N) is 1. The van der Waals surface area contributed by atoms with Gasteiger partial charge in [-0.1, -0.05) is 6.07 Å². The van der Waals surface area contributed by atoms with Crippen LogP contribution < -0.4 is 11.3 Å². The molecule has 3 N–H and O–H groups in total. The Labute approximate surface area is 105 Å². The van der Waals surface area contributed by atoms with Crippen LogP contribution in [0.5, 0.6) is 0 Å². The summed E-state index contributed by atoms with van der Waals surface area (Å²) in [4.78, 5) is 8.54. The van der Waals surface area contributed by atoms with Gasteiger partial charge in [0, 0.05) is 18.8 Å².